The van der Waals surface area contributed by atoms with Crippen molar-refractivity contribution in [1.29, 1.82) is 0 Å². The van der Waals surface area contributed by atoms with E-state index in [0.29, 0.717) is 17.7 Å². The molecular weight excluding hydrogens is 977 g/mol. The van der Waals surface area contributed by atoms with Gasteiger partial charge in [0.2, 0.25) is 53.2 Å². The number of hydrogen-bond acceptors (Lipinski definition) is 12. The molecule has 4 rings (SSSR count). The van der Waals surface area contributed by atoms with Gasteiger partial charge in [0.15, 0.2) is 0 Å². The molecule has 0 saturated carbocycles. The van der Waals surface area contributed by atoms with Crippen LogP contribution in [0.2, 0.25) is 0 Å². The maximum atomic E-state index is 14.2. The molecule has 23 nitrogen and oxygen atoms in total. The molecule has 76 heavy (non-hydrogen) atoms. The molecule has 9 amide bonds. The maximum Gasteiger partial charge on any atom is 0.243 e. The smallest absolute Gasteiger partial charge is 0.243 e. The second kappa shape index (κ2) is 29.7. The molecule has 8 atom stereocenters. The van der Waals surface area contributed by atoms with Crippen molar-refractivity contribution >= 4 is 64.1 Å². The van der Waals surface area contributed by atoms with Crippen molar-refractivity contribution in [2.75, 3.05) is 6.54 Å². The second-order valence-electron chi connectivity index (χ2n) is 20.0. The first-order chi connectivity index (χ1) is 36.0. The van der Waals surface area contributed by atoms with Crippen LogP contribution in [0.1, 0.15) is 84.5 Å². The van der Waals surface area contributed by atoms with E-state index in [4.69, 9.17) is 17.2 Å². The van der Waals surface area contributed by atoms with Gasteiger partial charge in [-0.3, -0.25) is 43.2 Å². The molecular formula is C53H76N14O9. The van der Waals surface area contributed by atoms with E-state index >= 15 is 0 Å². The van der Waals surface area contributed by atoms with Crippen molar-refractivity contribution in [2.45, 2.75) is 135 Å². The Morgan fingerprint density at radius 2 is 1.29 bits per heavy atom. The van der Waals surface area contributed by atoms with Crippen LogP contribution in [0.5, 0.6) is 0 Å². The zero-order valence-corrected chi connectivity index (χ0v) is 44.2. The van der Waals surface area contributed by atoms with Gasteiger partial charge < -0.3 is 69.7 Å². The first-order valence-corrected chi connectivity index (χ1v) is 25.4. The van der Waals surface area contributed by atoms with Gasteiger partial charge in [0, 0.05) is 48.3 Å². The summed E-state index contributed by atoms with van der Waals surface area (Å²) in [6.45, 7) is 11.8. The van der Waals surface area contributed by atoms with Crippen LogP contribution in [0.3, 0.4) is 0 Å². The predicted octanol–water partition coefficient (Wildman–Crippen LogP) is -0.128. The number of aromatic nitrogens is 3. The van der Waals surface area contributed by atoms with Crippen LogP contribution in [0, 0.1) is 17.8 Å². The molecule has 412 valence electrons. The van der Waals surface area contributed by atoms with Gasteiger partial charge in [-0.25, -0.2) is 4.98 Å². The zero-order valence-electron chi connectivity index (χ0n) is 44.2. The fourth-order valence-corrected chi connectivity index (χ4v) is 8.05. The summed E-state index contributed by atoms with van der Waals surface area (Å²) in [6, 6.07) is 7.83. The van der Waals surface area contributed by atoms with Crippen LogP contribution in [-0.4, -0.2) is 123 Å². The number of benzene rings is 2. The number of carbonyl (C=O) groups is 9. The van der Waals surface area contributed by atoms with E-state index in [-0.39, 0.29) is 43.9 Å². The Balaban J connectivity index is 1.43. The molecule has 0 spiro atoms. The number of primary amides is 2. The highest BCUT2D eigenvalue weighted by Crippen LogP contribution is 2.20. The van der Waals surface area contributed by atoms with Gasteiger partial charge in [-0.1, -0.05) is 90.1 Å². The van der Waals surface area contributed by atoms with Crippen molar-refractivity contribution in [2.24, 2.45) is 35.0 Å². The highest BCUT2D eigenvalue weighted by Gasteiger charge is 2.33. The fourth-order valence-electron chi connectivity index (χ4n) is 8.05. The van der Waals surface area contributed by atoms with Gasteiger partial charge in [0.25, 0.3) is 0 Å². The average Bonchev–Trinajstić information content (AvgIpc) is 4.04. The Bertz CT molecular complexity index is 2620. The van der Waals surface area contributed by atoms with E-state index in [9.17, 15) is 43.2 Å². The third-order valence-corrected chi connectivity index (χ3v) is 12.4. The number of nitrogens with one attached hydrogen (secondary N) is 10. The lowest BCUT2D eigenvalue weighted by Crippen LogP contribution is -2.59. The summed E-state index contributed by atoms with van der Waals surface area (Å²) in [5.74, 6) is -6.69. The number of aromatic amines is 2. The van der Waals surface area contributed by atoms with E-state index < -0.39 is 114 Å². The molecule has 0 saturated heterocycles. The van der Waals surface area contributed by atoms with E-state index in [1.165, 1.54) is 19.4 Å². The topological polar surface area (TPSA) is 372 Å². The van der Waals surface area contributed by atoms with Gasteiger partial charge in [0.1, 0.15) is 36.3 Å². The lowest BCUT2D eigenvalue weighted by Gasteiger charge is -2.26. The van der Waals surface area contributed by atoms with Gasteiger partial charge in [-0.2, -0.15) is 0 Å². The Morgan fingerprint density at radius 1 is 0.645 bits per heavy atom. The van der Waals surface area contributed by atoms with Gasteiger partial charge >= 0.3 is 0 Å². The largest absolute Gasteiger partial charge is 0.380 e. The predicted molar refractivity (Wildman–Crippen MR) is 286 cm³/mol. The Hall–Kier alpha value is -8.08. The molecule has 2 aromatic carbocycles. The number of nitrogens with two attached hydrogens (primary N) is 3. The summed E-state index contributed by atoms with van der Waals surface area (Å²) in [4.78, 5) is 130. The summed E-state index contributed by atoms with van der Waals surface area (Å²) < 4.78 is 0. The monoisotopic (exact) mass is 1050 g/mol. The zero-order chi connectivity index (χ0) is 56.1. The van der Waals surface area contributed by atoms with Crippen molar-refractivity contribution in [3.05, 3.63) is 102 Å². The van der Waals surface area contributed by atoms with Gasteiger partial charge in [-0.15, -0.1) is 0 Å². The molecule has 23 heteroatoms. The lowest BCUT2D eigenvalue weighted by molar-refractivity contribution is -0.135. The molecule has 0 fully saturated rings. The minimum atomic E-state index is -1.34. The van der Waals surface area contributed by atoms with Crippen LogP contribution in [-0.2, 0) is 62.4 Å². The van der Waals surface area contributed by atoms with E-state index in [1.807, 2.05) is 58.0 Å². The van der Waals surface area contributed by atoms with E-state index in [1.54, 1.807) is 56.6 Å². The lowest BCUT2D eigenvalue weighted by atomic mass is 10.0. The first kappa shape index (κ1) is 60.5. The van der Waals surface area contributed by atoms with E-state index in [0.717, 1.165) is 16.5 Å². The molecule has 16 N–H and O–H groups in total. The van der Waals surface area contributed by atoms with Crippen molar-refractivity contribution in [3.8, 4) is 0 Å². The maximum absolute atomic E-state index is 14.2. The number of para-hydroxylation sites is 1. The van der Waals surface area contributed by atoms with Crippen molar-refractivity contribution in [3.63, 3.8) is 0 Å². The number of amides is 9. The molecule has 0 aliphatic rings. The molecule has 0 bridgehead atoms. The number of imidazole rings is 1. The first-order valence-electron chi connectivity index (χ1n) is 25.4. The Labute approximate surface area is 442 Å². The normalized spacial score (nSPS) is 14.6. The fraction of sp³-hybridized carbons (Fsp3) is 0.472. The summed E-state index contributed by atoms with van der Waals surface area (Å²) >= 11 is 0. The SMILES string of the molecule is CC(C)C[C@H](N/C=C/[C@@H](NC(=O)[C@H](Cc1cnc[nH]1)NC(=O)CNC(=O)[C@@H](NC(=O)[C@H](C)NC(=O)[C@H](Cc1c[nH]c2ccccc12)NC(=O)[C@H](CCC(N)=O)NC(=O)[C@H](N)Cc1ccccc1)C(C)C)C(C)C)C(N)=O. The number of rotatable bonds is 31. The molecule has 2 heterocycles. The summed E-state index contributed by atoms with van der Waals surface area (Å²) in [5.41, 5.74) is 19.9. The number of hydrogen-bond donors (Lipinski definition) is 13. The van der Waals surface area contributed by atoms with Crippen molar-refractivity contribution < 1.29 is 43.2 Å². The average molecular weight is 1050 g/mol. The summed E-state index contributed by atoms with van der Waals surface area (Å²) in [6.07, 6.45) is 8.01. The van der Waals surface area contributed by atoms with Crippen LogP contribution in [0.4, 0.5) is 0 Å². The third kappa shape index (κ3) is 19.6. The minimum Gasteiger partial charge on any atom is -0.380 e. The number of carbonyl (C=O) groups excluding carboxylic acids is 9. The number of H-pyrrole nitrogens is 2. The highest BCUT2D eigenvalue weighted by atomic mass is 16.2. The van der Waals surface area contributed by atoms with Gasteiger partial charge in [-0.05, 0) is 73.4 Å². The number of nitrogens with zero attached hydrogens (tertiary/aromatic N) is 1. The Morgan fingerprint density at radius 3 is 1.92 bits per heavy atom. The molecule has 4 aromatic rings. The van der Waals surface area contributed by atoms with Crippen LogP contribution >= 0.6 is 0 Å². The summed E-state index contributed by atoms with van der Waals surface area (Å²) in [5, 5.41) is 22.5. The standard InChI is InChI=1S/C53H76N14O9/c1-29(2)21-41(47(56)70)58-20-19-38(30(3)4)64-52(75)43(24-35-26-57-28-61-35)63-45(69)27-60-53(76)46(31(5)6)67-48(71)32(7)62-51(74)42(23-34-25-59-39-16-12-11-15-36(34)39)66-50(73)40(17-18-44(55)68)65-49(72)37(54)22-33-13-9-8-10-14-33/h8-16,19-20,25-26,28-32,37-38,40-43,46,58-59H,17-18,21-24,27,54H2,1-7H3,(H2,55,68)(H2,56,70)(H,57,61)(H,60,76)(H,62,74)(H,63,69)(H,64,75)(H,65,72)(H,66,73)(H,67,71)/b20-19+/t32-,37+,38+,40-,41-,42-,43-,46-/m0/s1. The van der Waals surface area contributed by atoms with Crippen LogP contribution in [0.15, 0.2) is 85.6 Å². The number of fused-ring (bicyclic) bond motifs is 1. The third-order valence-electron chi connectivity index (χ3n) is 12.4. The molecule has 0 aliphatic heterocycles. The van der Waals surface area contributed by atoms with Gasteiger partial charge in [0.05, 0.1) is 25.0 Å². The Kier molecular flexibility index (Phi) is 23.6. The minimum absolute atomic E-state index is 0.0212. The second-order valence-corrected chi connectivity index (χ2v) is 20.0. The van der Waals surface area contributed by atoms with Crippen molar-refractivity contribution in [1.82, 2.24) is 57.5 Å². The molecule has 0 radical (unpaired) electrons. The summed E-state index contributed by atoms with van der Waals surface area (Å²) in [7, 11) is 0. The molecule has 0 unspecified atom stereocenters. The van der Waals surface area contributed by atoms with Crippen LogP contribution in [0.25, 0.3) is 10.9 Å². The highest BCUT2D eigenvalue weighted by molar-refractivity contribution is 5.97. The van der Waals surface area contributed by atoms with Crippen LogP contribution < -0.4 is 59.7 Å². The quantitative estimate of drug-likeness (QED) is 0.0314. The molecule has 2 aromatic heterocycles. The molecule has 0 aliphatic carbocycles. The van der Waals surface area contributed by atoms with E-state index in [2.05, 4.69) is 57.5 Å².